The predicted octanol–water partition coefficient (Wildman–Crippen LogP) is 2.21. The Bertz CT molecular complexity index is 554. The van der Waals surface area contributed by atoms with E-state index in [9.17, 15) is 8.42 Å². The van der Waals surface area contributed by atoms with Gasteiger partial charge in [-0.2, -0.15) is 5.26 Å². The average Bonchev–Trinajstić information content (AvgIpc) is 2.35. The van der Waals surface area contributed by atoms with Crippen LogP contribution in [-0.4, -0.2) is 26.7 Å². The summed E-state index contributed by atoms with van der Waals surface area (Å²) in [5.41, 5.74) is 0.400. The molecule has 0 fully saturated rings. The molecular formula is C12H15ClN2O3S. The number of rotatable bonds is 7. The van der Waals surface area contributed by atoms with Crippen LogP contribution >= 0.6 is 11.6 Å². The molecule has 19 heavy (non-hydrogen) atoms. The average molecular weight is 303 g/mol. The van der Waals surface area contributed by atoms with Gasteiger partial charge in [-0.15, -0.1) is 11.6 Å². The van der Waals surface area contributed by atoms with Crippen LogP contribution < -0.4 is 9.46 Å². The van der Waals surface area contributed by atoms with E-state index < -0.39 is 10.0 Å². The monoisotopic (exact) mass is 302 g/mol. The number of ether oxygens (including phenoxy) is 1. The van der Waals surface area contributed by atoms with Crippen molar-refractivity contribution in [2.24, 2.45) is 5.92 Å². The lowest BCUT2D eigenvalue weighted by Gasteiger charge is -2.11. The van der Waals surface area contributed by atoms with Gasteiger partial charge in [-0.1, -0.05) is 13.0 Å². The maximum absolute atomic E-state index is 11.8. The second kappa shape index (κ2) is 7.22. The molecule has 0 heterocycles. The van der Waals surface area contributed by atoms with E-state index in [-0.39, 0.29) is 24.2 Å². The standard InChI is InChI=1S/C12H15ClN2O3S/c1-10(8-13)9-19(16,17)15-11-3-2-4-12(7-11)18-6-5-14/h2-4,7,10,15H,6,8-9H2,1H3. The maximum Gasteiger partial charge on any atom is 0.233 e. The van der Waals surface area contributed by atoms with Gasteiger partial charge in [-0.3, -0.25) is 4.72 Å². The van der Waals surface area contributed by atoms with Gasteiger partial charge in [0.15, 0.2) is 6.61 Å². The molecule has 5 nitrogen and oxygen atoms in total. The van der Waals surface area contributed by atoms with Crippen LogP contribution in [0.3, 0.4) is 0 Å². The number of nitrogens with one attached hydrogen (secondary N) is 1. The summed E-state index contributed by atoms with van der Waals surface area (Å²) >= 11 is 5.60. The highest BCUT2D eigenvalue weighted by Crippen LogP contribution is 2.19. The maximum atomic E-state index is 11.8. The van der Waals surface area contributed by atoms with Crippen molar-refractivity contribution >= 4 is 27.3 Å². The van der Waals surface area contributed by atoms with Crippen molar-refractivity contribution in [3.8, 4) is 11.8 Å². The second-order valence-corrected chi connectivity index (χ2v) is 6.19. The molecule has 7 heteroatoms. The highest BCUT2D eigenvalue weighted by Gasteiger charge is 2.15. The Kier molecular flexibility index (Phi) is 5.93. The van der Waals surface area contributed by atoms with Gasteiger partial charge in [-0.25, -0.2) is 8.42 Å². The Balaban J connectivity index is 2.74. The first-order chi connectivity index (χ1) is 8.96. The van der Waals surface area contributed by atoms with Crippen LogP contribution in [0.2, 0.25) is 0 Å². The number of benzene rings is 1. The van der Waals surface area contributed by atoms with Gasteiger partial charge in [0.05, 0.1) is 11.4 Å². The van der Waals surface area contributed by atoms with Crippen molar-refractivity contribution in [2.75, 3.05) is 23.0 Å². The topological polar surface area (TPSA) is 79.2 Å². The minimum atomic E-state index is -3.44. The van der Waals surface area contributed by atoms with Gasteiger partial charge in [0, 0.05) is 11.9 Å². The summed E-state index contributed by atoms with van der Waals surface area (Å²) in [5, 5.41) is 8.41. The summed E-state index contributed by atoms with van der Waals surface area (Å²) in [7, 11) is -3.44. The van der Waals surface area contributed by atoms with Crippen LogP contribution in [0.5, 0.6) is 5.75 Å². The minimum absolute atomic E-state index is 0.0419. The third kappa shape index (κ3) is 5.81. The summed E-state index contributed by atoms with van der Waals surface area (Å²) in [6, 6.07) is 8.28. The Morgan fingerprint density at radius 2 is 2.26 bits per heavy atom. The summed E-state index contributed by atoms with van der Waals surface area (Å²) in [4.78, 5) is 0. The van der Waals surface area contributed by atoms with Crippen LogP contribution in [0, 0.1) is 17.2 Å². The van der Waals surface area contributed by atoms with E-state index in [4.69, 9.17) is 21.6 Å². The quantitative estimate of drug-likeness (QED) is 0.783. The first-order valence-corrected chi connectivity index (χ1v) is 7.82. The number of hydrogen-bond acceptors (Lipinski definition) is 4. The summed E-state index contributed by atoms with van der Waals surface area (Å²) < 4.78 is 31.2. The van der Waals surface area contributed by atoms with E-state index in [0.717, 1.165) is 0 Å². The lowest BCUT2D eigenvalue weighted by Crippen LogP contribution is -2.22. The lowest BCUT2D eigenvalue weighted by molar-refractivity contribution is 0.368. The van der Waals surface area contributed by atoms with Gasteiger partial charge >= 0.3 is 0 Å². The molecule has 1 aromatic rings. The molecule has 0 amide bonds. The number of halogens is 1. The summed E-state index contributed by atoms with van der Waals surface area (Å²) in [6.45, 7) is 1.68. The van der Waals surface area contributed by atoms with Crippen LogP contribution in [0.4, 0.5) is 5.69 Å². The zero-order valence-electron chi connectivity index (χ0n) is 10.5. The number of sulfonamides is 1. The molecule has 0 spiro atoms. The first-order valence-electron chi connectivity index (χ1n) is 5.63. The molecule has 0 saturated heterocycles. The Morgan fingerprint density at radius 3 is 2.89 bits per heavy atom. The van der Waals surface area contributed by atoms with Crippen molar-refractivity contribution in [1.29, 1.82) is 5.26 Å². The van der Waals surface area contributed by atoms with Gasteiger partial charge in [0.25, 0.3) is 0 Å². The van der Waals surface area contributed by atoms with Crippen molar-refractivity contribution in [3.05, 3.63) is 24.3 Å². The number of alkyl halides is 1. The fourth-order valence-corrected chi connectivity index (χ4v) is 3.08. The molecule has 0 aliphatic carbocycles. The first kappa shape index (κ1) is 15.6. The third-order valence-electron chi connectivity index (χ3n) is 2.18. The Labute approximate surface area is 118 Å². The van der Waals surface area contributed by atoms with E-state index in [1.54, 1.807) is 25.1 Å². The van der Waals surface area contributed by atoms with Gasteiger partial charge < -0.3 is 4.74 Å². The van der Waals surface area contributed by atoms with Gasteiger partial charge in [0.1, 0.15) is 11.8 Å². The molecule has 1 rings (SSSR count). The second-order valence-electron chi connectivity index (χ2n) is 4.12. The Morgan fingerprint density at radius 1 is 1.53 bits per heavy atom. The largest absolute Gasteiger partial charge is 0.479 e. The van der Waals surface area contributed by atoms with Gasteiger partial charge in [0.2, 0.25) is 10.0 Å². The molecule has 1 unspecified atom stereocenters. The molecular weight excluding hydrogens is 288 g/mol. The fourth-order valence-electron chi connectivity index (χ4n) is 1.41. The van der Waals surface area contributed by atoms with E-state index >= 15 is 0 Å². The fraction of sp³-hybridized carbons (Fsp3) is 0.417. The molecule has 1 aromatic carbocycles. The number of nitrogens with zero attached hydrogens (tertiary/aromatic N) is 1. The Hall–Kier alpha value is -1.45. The van der Waals surface area contributed by atoms with Crippen LogP contribution in [0.15, 0.2) is 24.3 Å². The van der Waals surface area contributed by atoms with Crippen LogP contribution in [0.25, 0.3) is 0 Å². The van der Waals surface area contributed by atoms with Crippen LogP contribution in [0.1, 0.15) is 6.92 Å². The van der Waals surface area contributed by atoms with E-state index in [0.29, 0.717) is 11.4 Å². The zero-order chi connectivity index (χ0) is 14.3. The molecule has 0 saturated carbocycles. The third-order valence-corrected chi connectivity index (χ3v) is 4.26. The zero-order valence-corrected chi connectivity index (χ0v) is 12.0. The van der Waals surface area contributed by atoms with Crippen molar-refractivity contribution in [3.63, 3.8) is 0 Å². The molecule has 104 valence electrons. The molecule has 0 aromatic heterocycles. The van der Waals surface area contributed by atoms with Crippen molar-refractivity contribution < 1.29 is 13.2 Å². The summed E-state index contributed by atoms with van der Waals surface area (Å²) in [5.74, 6) is 0.552. The molecule has 1 N–H and O–H groups in total. The SMILES string of the molecule is CC(CCl)CS(=O)(=O)Nc1cccc(OCC#N)c1. The van der Waals surface area contributed by atoms with Gasteiger partial charge in [-0.05, 0) is 18.1 Å². The molecule has 0 aliphatic rings. The smallest absolute Gasteiger partial charge is 0.233 e. The highest BCUT2D eigenvalue weighted by atomic mass is 35.5. The van der Waals surface area contributed by atoms with E-state index in [2.05, 4.69) is 4.72 Å². The molecule has 1 atom stereocenters. The number of nitriles is 1. The number of anilines is 1. The lowest BCUT2D eigenvalue weighted by atomic mass is 10.3. The van der Waals surface area contributed by atoms with E-state index in [1.807, 2.05) is 6.07 Å². The molecule has 0 radical (unpaired) electrons. The van der Waals surface area contributed by atoms with E-state index in [1.165, 1.54) is 6.07 Å². The number of hydrogen-bond donors (Lipinski definition) is 1. The normalized spacial score (nSPS) is 12.5. The van der Waals surface area contributed by atoms with Crippen molar-refractivity contribution in [1.82, 2.24) is 0 Å². The molecule has 0 bridgehead atoms. The highest BCUT2D eigenvalue weighted by molar-refractivity contribution is 7.92. The predicted molar refractivity (Wildman–Crippen MR) is 74.8 cm³/mol. The minimum Gasteiger partial charge on any atom is -0.479 e. The van der Waals surface area contributed by atoms with Crippen LogP contribution in [-0.2, 0) is 10.0 Å². The molecule has 0 aliphatic heterocycles. The van der Waals surface area contributed by atoms with Crippen molar-refractivity contribution in [2.45, 2.75) is 6.92 Å². The summed E-state index contributed by atoms with van der Waals surface area (Å²) in [6.07, 6.45) is 0.